The molecule has 0 radical (unpaired) electrons. The van der Waals surface area contributed by atoms with Gasteiger partial charge in [0.1, 0.15) is 0 Å². The average molecular weight is 247 g/mol. The third-order valence-electron chi connectivity index (χ3n) is 3.09. The molecule has 0 aliphatic carbocycles. The van der Waals surface area contributed by atoms with Gasteiger partial charge in [0.2, 0.25) is 0 Å². The van der Waals surface area contributed by atoms with Gasteiger partial charge < -0.3 is 10.1 Å². The van der Waals surface area contributed by atoms with Crippen LogP contribution >= 0.6 is 0 Å². The molecule has 1 aromatic carbocycles. The molecule has 1 N–H and O–H groups in total. The predicted octanol–water partition coefficient (Wildman–Crippen LogP) is 3.71. The zero-order valence-corrected chi connectivity index (χ0v) is 11.6. The van der Waals surface area contributed by atoms with Gasteiger partial charge in [0.05, 0.1) is 6.10 Å². The number of ether oxygens (including phenoxy) is 1. The number of hydrogen-bond donors (Lipinski definition) is 1. The minimum atomic E-state index is 0.109. The molecule has 0 amide bonds. The van der Waals surface area contributed by atoms with E-state index in [-0.39, 0.29) is 6.10 Å². The average Bonchev–Trinajstić information content (AvgIpc) is 2.43. The molecule has 1 rings (SSSR count). The lowest BCUT2D eigenvalue weighted by Crippen LogP contribution is -2.36. The highest BCUT2D eigenvalue weighted by atomic mass is 16.5. The highest BCUT2D eigenvalue weighted by Crippen LogP contribution is 2.23. The smallest absolute Gasteiger partial charge is 0.0974 e. The second-order valence-corrected chi connectivity index (χ2v) is 4.49. The van der Waals surface area contributed by atoms with E-state index >= 15 is 0 Å². The summed E-state index contributed by atoms with van der Waals surface area (Å²) in [6, 6.07) is 10.8. The van der Waals surface area contributed by atoms with Crippen LogP contribution < -0.4 is 5.32 Å². The van der Waals surface area contributed by atoms with Gasteiger partial charge >= 0.3 is 0 Å². The number of methoxy groups -OCH3 is 1. The molecular weight excluding hydrogens is 222 g/mol. The molecule has 0 aliphatic rings. The van der Waals surface area contributed by atoms with E-state index in [1.54, 1.807) is 7.11 Å². The molecule has 0 aliphatic heterocycles. The van der Waals surface area contributed by atoms with Gasteiger partial charge in [-0.2, -0.15) is 0 Å². The summed E-state index contributed by atoms with van der Waals surface area (Å²) in [6.07, 6.45) is 5.27. The van der Waals surface area contributed by atoms with Crippen molar-refractivity contribution in [1.29, 1.82) is 0 Å². The molecule has 0 saturated heterocycles. The third-order valence-corrected chi connectivity index (χ3v) is 3.09. The summed E-state index contributed by atoms with van der Waals surface area (Å²) in [5.74, 6) is 0. The lowest BCUT2D eigenvalue weighted by atomic mass is 9.98. The Morgan fingerprint density at radius 1 is 1.33 bits per heavy atom. The molecule has 0 heterocycles. The summed E-state index contributed by atoms with van der Waals surface area (Å²) in [7, 11) is 1.78. The van der Waals surface area contributed by atoms with E-state index < -0.39 is 0 Å². The van der Waals surface area contributed by atoms with Crippen molar-refractivity contribution in [3.05, 3.63) is 48.6 Å². The van der Waals surface area contributed by atoms with Crippen LogP contribution in [0.25, 0.3) is 0 Å². The maximum Gasteiger partial charge on any atom is 0.0974 e. The Morgan fingerprint density at radius 2 is 2.06 bits per heavy atom. The van der Waals surface area contributed by atoms with Crippen LogP contribution in [0, 0.1) is 0 Å². The highest BCUT2D eigenvalue weighted by molar-refractivity contribution is 5.19. The molecule has 2 atom stereocenters. The fraction of sp³-hybridized carbons (Fsp3) is 0.500. The van der Waals surface area contributed by atoms with Crippen molar-refractivity contribution in [2.24, 2.45) is 0 Å². The standard InChI is InChI=1S/C16H25NO/c1-4-6-12-15(17-13-5-2)16(18-3)14-10-8-7-9-11-14/h4,7-11,15-17H,1,5-6,12-13H2,2-3H3. The van der Waals surface area contributed by atoms with E-state index in [1.807, 2.05) is 12.1 Å². The predicted molar refractivity (Wildman–Crippen MR) is 77.7 cm³/mol. The SMILES string of the molecule is C=CCCC(NCCC)C(OC)c1ccccc1. The Morgan fingerprint density at radius 3 is 2.61 bits per heavy atom. The van der Waals surface area contributed by atoms with Crippen molar-refractivity contribution < 1.29 is 4.74 Å². The maximum absolute atomic E-state index is 5.70. The van der Waals surface area contributed by atoms with Crippen LogP contribution in [0.15, 0.2) is 43.0 Å². The van der Waals surface area contributed by atoms with Crippen LogP contribution in [0.3, 0.4) is 0 Å². The molecule has 0 spiro atoms. The normalized spacial score (nSPS) is 14.1. The monoisotopic (exact) mass is 247 g/mol. The zero-order valence-electron chi connectivity index (χ0n) is 11.6. The first-order valence-corrected chi connectivity index (χ1v) is 6.75. The van der Waals surface area contributed by atoms with Crippen molar-refractivity contribution in [2.45, 2.75) is 38.3 Å². The zero-order chi connectivity index (χ0) is 13.2. The Labute approximate surface area is 111 Å². The molecule has 100 valence electrons. The van der Waals surface area contributed by atoms with E-state index in [1.165, 1.54) is 5.56 Å². The quantitative estimate of drug-likeness (QED) is 0.672. The number of rotatable bonds is 9. The van der Waals surface area contributed by atoms with Gasteiger partial charge in [-0.25, -0.2) is 0 Å². The van der Waals surface area contributed by atoms with Crippen molar-refractivity contribution >= 4 is 0 Å². The largest absolute Gasteiger partial charge is 0.375 e. The lowest BCUT2D eigenvalue weighted by molar-refractivity contribution is 0.0652. The Balaban J connectivity index is 2.75. The second kappa shape index (κ2) is 8.90. The molecule has 18 heavy (non-hydrogen) atoms. The van der Waals surface area contributed by atoms with E-state index in [0.717, 1.165) is 25.8 Å². The van der Waals surface area contributed by atoms with E-state index in [2.05, 4.69) is 43.1 Å². The van der Waals surface area contributed by atoms with Crippen molar-refractivity contribution in [3.8, 4) is 0 Å². The van der Waals surface area contributed by atoms with Crippen LogP contribution in [0.1, 0.15) is 37.9 Å². The summed E-state index contributed by atoms with van der Waals surface area (Å²) in [5.41, 5.74) is 1.23. The molecule has 0 aromatic heterocycles. The van der Waals surface area contributed by atoms with E-state index in [9.17, 15) is 0 Å². The van der Waals surface area contributed by atoms with Gasteiger partial charge in [0.15, 0.2) is 0 Å². The summed E-state index contributed by atoms with van der Waals surface area (Å²) in [6.45, 7) is 7.01. The highest BCUT2D eigenvalue weighted by Gasteiger charge is 2.21. The number of allylic oxidation sites excluding steroid dienone is 1. The molecular formula is C16H25NO. The van der Waals surface area contributed by atoms with Crippen molar-refractivity contribution in [2.75, 3.05) is 13.7 Å². The second-order valence-electron chi connectivity index (χ2n) is 4.49. The van der Waals surface area contributed by atoms with Gasteiger partial charge in [-0.1, -0.05) is 43.3 Å². The van der Waals surface area contributed by atoms with Crippen LogP contribution in [-0.4, -0.2) is 19.7 Å². The lowest BCUT2D eigenvalue weighted by Gasteiger charge is -2.27. The summed E-state index contributed by atoms with van der Waals surface area (Å²) in [4.78, 5) is 0. The molecule has 2 unspecified atom stereocenters. The van der Waals surface area contributed by atoms with Crippen molar-refractivity contribution in [3.63, 3.8) is 0 Å². The number of benzene rings is 1. The summed E-state index contributed by atoms with van der Waals surface area (Å²) >= 11 is 0. The Kier molecular flexibility index (Phi) is 7.38. The number of hydrogen-bond acceptors (Lipinski definition) is 2. The molecule has 0 fully saturated rings. The van der Waals surface area contributed by atoms with Crippen LogP contribution in [0.2, 0.25) is 0 Å². The summed E-state index contributed by atoms with van der Waals surface area (Å²) in [5, 5.41) is 3.58. The summed E-state index contributed by atoms with van der Waals surface area (Å²) < 4.78 is 5.70. The number of nitrogens with one attached hydrogen (secondary N) is 1. The van der Waals surface area contributed by atoms with Gasteiger partial charge in [-0.3, -0.25) is 0 Å². The third kappa shape index (κ3) is 4.63. The minimum absolute atomic E-state index is 0.109. The van der Waals surface area contributed by atoms with Gasteiger partial charge in [-0.05, 0) is 31.4 Å². The molecule has 2 nitrogen and oxygen atoms in total. The molecule has 2 heteroatoms. The first kappa shape index (κ1) is 14.9. The van der Waals surface area contributed by atoms with Crippen LogP contribution in [0.5, 0.6) is 0 Å². The first-order valence-electron chi connectivity index (χ1n) is 6.75. The fourth-order valence-corrected chi connectivity index (χ4v) is 2.16. The maximum atomic E-state index is 5.70. The first-order chi connectivity index (χ1) is 8.83. The topological polar surface area (TPSA) is 21.3 Å². The molecule has 0 saturated carbocycles. The molecule has 0 bridgehead atoms. The van der Waals surface area contributed by atoms with Gasteiger partial charge in [0.25, 0.3) is 0 Å². The van der Waals surface area contributed by atoms with Crippen molar-refractivity contribution in [1.82, 2.24) is 5.32 Å². The Hall–Kier alpha value is -1.12. The van der Waals surface area contributed by atoms with Crippen LogP contribution in [0.4, 0.5) is 0 Å². The Bertz CT molecular complexity index is 323. The fourth-order valence-electron chi connectivity index (χ4n) is 2.16. The van der Waals surface area contributed by atoms with E-state index in [0.29, 0.717) is 6.04 Å². The van der Waals surface area contributed by atoms with Gasteiger partial charge in [-0.15, -0.1) is 6.58 Å². The van der Waals surface area contributed by atoms with E-state index in [4.69, 9.17) is 4.74 Å². The minimum Gasteiger partial charge on any atom is -0.375 e. The molecule has 1 aromatic rings. The van der Waals surface area contributed by atoms with Gasteiger partial charge in [0, 0.05) is 13.2 Å². The van der Waals surface area contributed by atoms with Crippen LogP contribution in [-0.2, 0) is 4.74 Å².